The smallest absolute Gasteiger partial charge is 0.222 e. The molecule has 3 heteroatoms. The van der Waals surface area contributed by atoms with Crippen molar-refractivity contribution >= 4 is 5.91 Å². The lowest BCUT2D eigenvalue weighted by atomic mass is 9.94. The van der Waals surface area contributed by atoms with Gasteiger partial charge in [0.2, 0.25) is 5.91 Å². The second-order valence-electron chi connectivity index (χ2n) is 3.73. The minimum absolute atomic E-state index is 0.00560. The number of amides is 1. The molecule has 1 aromatic rings. The van der Waals surface area contributed by atoms with E-state index < -0.39 is 0 Å². The Bertz CT molecular complexity index is 323. The van der Waals surface area contributed by atoms with Crippen molar-refractivity contribution in [2.24, 2.45) is 5.73 Å². The Hall–Kier alpha value is -1.35. The number of rotatable bonds is 1. The highest BCUT2D eigenvalue weighted by Crippen LogP contribution is 2.22. The predicted octanol–water partition coefficient (Wildman–Crippen LogP) is 0.965. The van der Waals surface area contributed by atoms with Crippen LogP contribution in [0.5, 0.6) is 0 Å². The van der Waals surface area contributed by atoms with E-state index in [0.717, 1.165) is 12.0 Å². The molecule has 1 saturated heterocycles. The van der Waals surface area contributed by atoms with Gasteiger partial charge in [-0.3, -0.25) is 4.79 Å². The van der Waals surface area contributed by atoms with Gasteiger partial charge in [-0.15, -0.1) is 0 Å². The highest BCUT2D eigenvalue weighted by atomic mass is 16.1. The molecule has 0 bridgehead atoms. The van der Waals surface area contributed by atoms with Gasteiger partial charge in [-0.1, -0.05) is 30.3 Å². The maximum atomic E-state index is 11.3. The number of nitrogens with one attached hydrogen (secondary N) is 1. The summed E-state index contributed by atoms with van der Waals surface area (Å²) in [6.07, 6.45) is 1.28. The van der Waals surface area contributed by atoms with Gasteiger partial charge in [0.25, 0.3) is 0 Å². The monoisotopic (exact) mass is 190 g/mol. The van der Waals surface area contributed by atoms with Gasteiger partial charge in [-0.2, -0.15) is 0 Å². The van der Waals surface area contributed by atoms with E-state index in [1.165, 1.54) is 0 Å². The van der Waals surface area contributed by atoms with Crippen LogP contribution in [0.2, 0.25) is 0 Å². The minimum Gasteiger partial charge on any atom is -0.349 e. The maximum absolute atomic E-state index is 11.3. The third kappa shape index (κ3) is 1.93. The molecule has 74 valence electrons. The molecule has 0 spiro atoms. The molecule has 14 heavy (non-hydrogen) atoms. The zero-order chi connectivity index (χ0) is 9.97. The lowest BCUT2D eigenvalue weighted by Gasteiger charge is -2.27. The van der Waals surface area contributed by atoms with Crippen LogP contribution in [0.25, 0.3) is 0 Å². The van der Waals surface area contributed by atoms with E-state index in [1.807, 2.05) is 30.3 Å². The molecule has 2 rings (SSSR count). The van der Waals surface area contributed by atoms with Crippen LogP contribution in [0.4, 0.5) is 0 Å². The van der Waals surface area contributed by atoms with Crippen LogP contribution >= 0.6 is 0 Å². The van der Waals surface area contributed by atoms with E-state index in [4.69, 9.17) is 5.73 Å². The van der Waals surface area contributed by atoms with Crippen molar-refractivity contribution < 1.29 is 4.79 Å². The van der Waals surface area contributed by atoms with E-state index in [-0.39, 0.29) is 18.0 Å². The van der Waals surface area contributed by atoms with Crippen LogP contribution in [0.1, 0.15) is 24.4 Å². The Balaban J connectivity index is 2.15. The Morgan fingerprint density at radius 3 is 2.64 bits per heavy atom. The third-order valence-corrected chi connectivity index (χ3v) is 2.52. The fourth-order valence-corrected chi connectivity index (χ4v) is 1.84. The summed E-state index contributed by atoms with van der Waals surface area (Å²) in [5, 5.41) is 2.94. The van der Waals surface area contributed by atoms with Crippen molar-refractivity contribution in [2.45, 2.75) is 24.9 Å². The Morgan fingerprint density at radius 1 is 1.29 bits per heavy atom. The van der Waals surface area contributed by atoms with Gasteiger partial charge in [0.15, 0.2) is 0 Å². The van der Waals surface area contributed by atoms with Crippen molar-refractivity contribution in [3.63, 3.8) is 0 Å². The molecular formula is C11H14N2O. The minimum atomic E-state index is -0.00560. The normalized spacial score (nSPS) is 27.1. The van der Waals surface area contributed by atoms with Gasteiger partial charge in [0, 0.05) is 12.5 Å². The number of carbonyl (C=O) groups is 1. The summed E-state index contributed by atoms with van der Waals surface area (Å²) in [4.78, 5) is 11.3. The first-order valence-corrected chi connectivity index (χ1v) is 4.85. The van der Waals surface area contributed by atoms with Gasteiger partial charge < -0.3 is 11.1 Å². The Morgan fingerprint density at radius 2 is 2.00 bits per heavy atom. The standard InChI is InChI=1S/C11H14N2O/c12-9-6-10(13-11(14)7-9)8-4-2-1-3-5-8/h1-5,9-10H,6-7,12H2,(H,13,14). The molecule has 1 aliphatic rings. The first-order chi connectivity index (χ1) is 6.75. The molecule has 1 aliphatic heterocycles. The molecule has 0 aliphatic carbocycles. The number of hydrogen-bond acceptors (Lipinski definition) is 2. The summed E-state index contributed by atoms with van der Waals surface area (Å²) in [6, 6.07) is 10.0. The highest BCUT2D eigenvalue weighted by Gasteiger charge is 2.24. The van der Waals surface area contributed by atoms with E-state index in [9.17, 15) is 4.79 Å². The first kappa shape index (κ1) is 9.21. The molecule has 0 saturated carbocycles. The van der Waals surface area contributed by atoms with Crippen LogP contribution in [0, 0.1) is 0 Å². The highest BCUT2D eigenvalue weighted by molar-refractivity contribution is 5.78. The molecule has 2 unspecified atom stereocenters. The second kappa shape index (κ2) is 3.80. The predicted molar refractivity (Wildman–Crippen MR) is 54.5 cm³/mol. The number of hydrogen-bond donors (Lipinski definition) is 2. The number of benzene rings is 1. The number of piperidine rings is 1. The molecule has 2 atom stereocenters. The molecule has 1 heterocycles. The average Bonchev–Trinajstić information content (AvgIpc) is 2.18. The summed E-state index contributed by atoms with van der Waals surface area (Å²) in [5.74, 6) is 0.0533. The van der Waals surface area contributed by atoms with Gasteiger partial charge in [0.05, 0.1) is 6.04 Å². The Kier molecular flexibility index (Phi) is 2.50. The van der Waals surface area contributed by atoms with Crippen LogP contribution < -0.4 is 11.1 Å². The first-order valence-electron chi connectivity index (χ1n) is 4.85. The van der Waals surface area contributed by atoms with Crippen molar-refractivity contribution in [1.82, 2.24) is 5.32 Å². The molecule has 3 N–H and O–H groups in total. The van der Waals surface area contributed by atoms with E-state index in [0.29, 0.717) is 6.42 Å². The lowest BCUT2D eigenvalue weighted by molar-refractivity contribution is -0.123. The summed E-state index contributed by atoms with van der Waals surface area (Å²) >= 11 is 0. The van der Waals surface area contributed by atoms with Crippen molar-refractivity contribution in [3.05, 3.63) is 35.9 Å². The Labute approximate surface area is 83.3 Å². The summed E-state index contributed by atoms with van der Waals surface area (Å²) in [7, 11) is 0. The fraction of sp³-hybridized carbons (Fsp3) is 0.364. The summed E-state index contributed by atoms with van der Waals surface area (Å²) in [6.45, 7) is 0. The SMILES string of the molecule is NC1CC(=O)NC(c2ccccc2)C1. The molecule has 0 aromatic heterocycles. The van der Waals surface area contributed by atoms with Crippen molar-refractivity contribution in [2.75, 3.05) is 0 Å². The van der Waals surface area contributed by atoms with Crippen molar-refractivity contribution in [1.29, 1.82) is 0 Å². The largest absolute Gasteiger partial charge is 0.349 e. The molecule has 3 nitrogen and oxygen atoms in total. The molecule has 1 fully saturated rings. The molecule has 1 amide bonds. The average molecular weight is 190 g/mol. The summed E-state index contributed by atoms with van der Waals surface area (Å²) < 4.78 is 0. The third-order valence-electron chi connectivity index (χ3n) is 2.52. The molecular weight excluding hydrogens is 176 g/mol. The van der Waals surface area contributed by atoms with Gasteiger partial charge in [-0.05, 0) is 12.0 Å². The maximum Gasteiger partial charge on any atom is 0.222 e. The molecule has 1 aromatic carbocycles. The number of carbonyl (C=O) groups excluding carboxylic acids is 1. The second-order valence-corrected chi connectivity index (χ2v) is 3.73. The summed E-state index contributed by atoms with van der Waals surface area (Å²) in [5.41, 5.74) is 6.93. The van der Waals surface area contributed by atoms with Crippen LogP contribution in [0.15, 0.2) is 30.3 Å². The van der Waals surface area contributed by atoms with Crippen LogP contribution in [-0.2, 0) is 4.79 Å². The quantitative estimate of drug-likeness (QED) is 0.693. The van der Waals surface area contributed by atoms with Gasteiger partial charge >= 0.3 is 0 Å². The topological polar surface area (TPSA) is 55.1 Å². The van der Waals surface area contributed by atoms with Crippen molar-refractivity contribution in [3.8, 4) is 0 Å². The number of nitrogens with two attached hydrogens (primary N) is 1. The van der Waals surface area contributed by atoms with Crippen LogP contribution in [0.3, 0.4) is 0 Å². The zero-order valence-electron chi connectivity index (χ0n) is 7.94. The van der Waals surface area contributed by atoms with Gasteiger partial charge in [0.1, 0.15) is 0 Å². The van der Waals surface area contributed by atoms with Crippen LogP contribution in [-0.4, -0.2) is 11.9 Å². The molecule has 0 radical (unpaired) electrons. The lowest BCUT2D eigenvalue weighted by Crippen LogP contribution is -2.42. The van der Waals surface area contributed by atoms with Gasteiger partial charge in [-0.25, -0.2) is 0 Å². The van der Waals surface area contributed by atoms with E-state index >= 15 is 0 Å². The van der Waals surface area contributed by atoms with E-state index in [1.54, 1.807) is 0 Å². The fourth-order valence-electron chi connectivity index (χ4n) is 1.84. The van der Waals surface area contributed by atoms with E-state index in [2.05, 4.69) is 5.32 Å². The zero-order valence-corrected chi connectivity index (χ0v) is 7.94.